The van der Waals surface area contributed by atoms with Crippen molar-refractivity contribution in [1.29, 1.82) is 0 Å². The van der Waals surface area contributed by atoms with E-state index >= 15 is 0 Å². The number of non-ortho nitro benzene ring substituents is 1. The fourth-order valence-electron chi connectivity index (χ4n) is 2.47. The van der Waals surface area contributed by atoms with E-state index in [1.807, 2.05) is 0 Å². The molecule has 30 heavy (non-hydrogen) atoms. The number of carbonyl (C=O) groups excluding carboxylic acids is 1. The summed E-state index contributed by atoms with van der Waals surface area (Å²) in [6.45, 7) is -0.333. The van der Waals surface area contributed by atoms with Crippen molar-refractivity contribution in [3.05, 3.63) is 80.8 Å². The van der Waals surface area contributed by atoms with Crippen LogP contribution < -0.4 is 10.1 Å². The molecule has 0 aliphatic rings. The Labute approximate surface area is 172 Å². The van der Waals surface area contributed by atoms with Gasteiger partial charge in [0.05, 0.1) is 10.5 Å². The van der Waals surface area contributed by atoms with Crippen molar-refractivity contribution in [2.24, 2.45) is 0 Å². The van der Waals surface area contributed by atoms with Crippen molar-refractivity contribution < 1.29 is 27.6 Å². The van der Waals surface area contributed by atoms with Gasteiger partial charge in [-0.15, -0.1) is 11.3 Å². The predicted octanol–water partition coefficient (Wildman–Crippen LogP) is 4.68. The number of halogens is 3. The number of nitrogens with one attached hydrogen (secondary N) is 1. The van der Waals surface area contributed by atoms with Crippen LogP contribution in [0.2, 0.25) is 0 Å². The fourth-order valence-corrected chi connectivity index (χ4v) is 3.34. The van der Waals surface area contributed by atoms with Gasteiger partial charge in [0.25, 0.3) is 11.6 Å². The van der Waals surface area contributed by atoms with E-state index in [2.05, 4.69) is 10.3 Å². The lowest BCUT2D eigenvalue weighted by Gasteiger charge is -2.08. The standard InChI is InChI=1S/C19H14F3N3O4S/c20-19(21,22)13-3-1-2-12(8-13)9-16-10-23-18(30-16)24-17(26)11-29-15-6-4-14(5-7-15)25(27)28/h1-8,10H,9,11H2,(H,23,24,26). The maximum absolute atomic E-state index is 12.8. The van der Waals surface area contributed by atoms with E-state index in [4.69, 9.17) is 4.74 Å². The molecule has 156 valence electrons. The highest BCUT2D eigenvalue weighted by Gasteiger charge is 2.30. The van der Waals surface area contributed by atoms with E-state index in [0.29, 0.717) is 16.2 Å². The maximum atomic E-state index is 12.8. The molecule has 7 nitrogen and oxygen atoms in total. The predicted molar refractivity (Wildman–Crippen MR) is 104 cm³/mol. The maximum Gasteiger partial charge on any atom is 0.416 e. The fraction of sp³-hybridized carbons (Fsp3) is 0.158. The minimum Gasteiger partial charge on any atom is -0.484 e. The molecule has 11 heteroatoms. The highest BCUT2D eigenvalue weighted by Crippen LogP contribution is 2.30. The lowest BCUT2D eigenvalue weighted by molar-refractivity contribution is -0.384. The van der Waals surface area contributed by atoms with Gasteiger partial charge in [0.1, 0.15) is 5.75 Å². The van der Waals surface area contributed by atoms with Gasteiger partial charge in [0.2, 0.25) is 0 Å². The summed E-state index contributed by atoms with van der Waals surface area (Å²) in [4.78, 5) is 26.8. The zero-order chi connectivity index (χ0) is 21.7. The van der Waals surface area contributed by atoms with Crippen LogP contribution in [0.15, 0.2) is 54.7 Å². The van der Waals surface area contributed by atoms with E-state index < -0.39 is 22.6 Å². The molecule has 1 heterocycles. The second kappa shape index (κ2) is 8.91. The molecule has 1 aromatic heterocycles. The first-order valence-corrected chi connectivity index (χ1v) is 9.30. The molecule has 0 bridgehead atoms. The van der Waals surface area contributed by atoms with Gasteiger partial charge in [-0.2, -0.15) is 13.2 Å². The second-order valence-electron chi connectivity index (χ2n) is 6.09. The molecule has 0 aliphatic heterocycles. The molecule has 0 unspecified atom stereocenters. The van der Waals surface area contributed by atoms with Crippen LogP contribution in [0.5, 0.6) is 5.75 Å². The summed E-state index contributed by atoms with van der Waals surface area (Å²) in [6, 6.07) is 10.3. The van der Waals surface area contributed by atoms with Crippen molar-refractivity contribution in [1.82, 2.24) is 4.98 Å². The normalized spacial score (nSPS) is 11.2. The van der Waals surface area contributed by atoms with Crippen LogP contribution in [0.25, 0.3) is 0 Å². The Kier molecular flexibility index (Phi) is 6.31. The number of anilines is 1. The summed E-state index contributed by atoms with van der Waals surface area (Å²) >= 11 is 1.14. The lowest BCUT2D eigenvalue weighted by atomic mass is 10.1. The average molecular weight is 437 g/mol. The topological polar surface area (TPSA) is 94.4 Å². The number of benzene rings is 2. The van der Waals surface area contributed by atoms with Crippen molar-refractivity contribution >= 4 is 28.1 Å². The number of nitro benzene ring substituents is 1. The number of alkyl halides is 3. The molecule has 0 aliphatic carbocycles. The highest BCUT2D eigenvalue weighted by atomic mass is 32.1. The third-order valence-corrected chi connectivity index (χ3v) is 4.76. The summed E-state index contributed by atoms with van der Waals surface area (Å²) < 4.78 is 43.7. The highest BCUT2D eigenvalue weighted by molar-refractivity contribution is 7.15. The molecule has 0 saturated heterocycles. The van der Waals surface area contributed by atoms with E-state index in [1.165, 1.54) is 36.5 Å². The van der Waals surface area contributed by atoms with Gasteiger partial charge in [-0.3, -0.25) is 20.2 Å². The summed E-state index contributed by atoms with van der Waals surface area (Å²) in [5, 5.41) is 13.4. The molecule has 0 spiro atoms. The van der Waals surface area contributed by atoms with Crippen LogP contribution in [0.1, 0.15) is 16.0 Å². The number of ether oxygens (including phenoxy) is 1. The number of aromatic nitrogens is 1. The number of rotatable bonds is 7. The van der Waals surface area contributed by atoms with Gasteiger partial charge in [-0.1, -0.05) is 18.2 Å². The molecular weight excluding hydrogens is 423 g/mol. The minimum atomic E-state index is -4.41. The summed E-state index contributed by atoms with van der Waals surface area (Å²) in [7, 11) is 0. The number of hydrogen-bond donors (Lipinski definition) is 1. The molecule has 3 rings (SSSR count). The SMILES string of the molecule is O=C(COc1ccc([N+](=O)[O-])cc1)Nc1ncc(Cc2cccc(C(F)(F)F)c2)s1. The zero-order valence-electron chi connectivity index (χ0n) is 15.2. The Morgan fingerprint density at radius 1 is 1.20 bits per heavy atom. The number of hydrogen-bond acceptors (Lipinski definition) is 6. The number of carbonyl (C=O) groups is 1. The molecule has 1 N–H and O–H groups in total. The molecule has 0 atom stereocenters. The number of amides is 1. The quantitative estimate of drug-likeness (QED) is 0.428. The van der Waals surface area contributed by atoms with E-state index in [0.717, 1.165) is 23.5 Å². The summed E-state index contributed by atoms with van der Waals surface area (Å²) in [5.41, 5.74) is -0.336. The molecule has 1 amide bonds. The van der Waals surface area contributed by atoms with Crippen molar-refractivity contribution in [3.63, 3.8) is 0 Å². The average Bonchev–Trinajstić information content (AvgIpc) is 3.13. The largest absolute Gasteiger partial charge is 0.484 e. The van der Waals surface area contributed by atoms with Gasteiger partial charge in [0.15, 0.2) is 11.7 Å². The number of nitrogens with zero attached hydrogens (tertiary/aromatic N) is 2. The third kappa shape index (κ3) is 5.77. The van der Waals surface area contributed by atoms with Crippen LogP contribution in [0.3, 0.4) is 0 Å². The van der Waals surface area contributed by atoms with Gasteiger partial charge >= 0.3 is 6.18 Å². The Morgan fingerprint density at radius 2 is 1.93 bits per heavy atom. The van der Waals surface area contributed by atoms with Crippen LogP contribution in [-0.4, -0.2) is 22.4 Å². The summed E-state index contributed by atoms with van der Waals surface area (Å²) in [5.74, 6) is -0.201. The Hall–Kier alpha value is -3.47. The zero-order valence-corrected chi connectivity index (χ0v) is 16.0. The molecule has 0 fully saturated rings. The Morgan fingerprint density at radius 3 is 2.60 bits per heavy atom. The van der Waals surface area contributed by atoms with Gasteiger partial charge < -0.3 is 4.74 Å². The van der Waals surface area contributed by atoms with Gasteiger partial charge in [-0.05, 0) is 23.8 Å². The van der Waals surface area contributed by atoms with Crippen molar-refractivity contribution in [2.75, 3.05) is 11.9 Å². The molecular formula is C19H14F3N3O4S. The molecule has 2 aromatic carbocycles. The van der Waals surface area contributed by atoms with E-state index in [1.54, 1.807) is 6.07 Å². The third-order valence-electron chi connectivity index (χ3n) is 3.85. The molecule has 0 saturated carbocycles. The Bertz CT molecular complexity index is 1050. The second-order valence-corrected chi connectivity index (χ2v) is 7.21. The van der Waals surface area contributed by atoms with E-state index in [-0.39, 0.29) is 23.8 Å². The molecule has 0 radical (unpaired) electrons. The van der Waals surface area contributed by atoms with E-state index in [9.17, 15) is 28.1 Å². The summed E-state index contributed by atoms with van der Waals surface area (Å²) in [6.07, 6.45) is -2.68. The number of thiazole rings is 1. The van der Waals surface area contributed by atoms with Gasteiger partial charge in [0, 0.05) is 29.6 Å². The van der Waals surface area contributed by atoms with Crippen LogP contribution in [0, 0.1) is 10.1 Å². The van der Waals surface area contributed by atoms with Crippen LogP contribution in [0.4, 0.5) is 24.0 Å². The van der Waals surface area contributed by atoms with Gasteiger partial charge in [-0.25, -0.2) is 4.98 Å². The van der Waals surface area contributed by atoms with Crippen LogP contribution >= 0.6 is 11.3 Å². The Balaban J connectivity index is 1.53. The van der Waals surface area contributed by atoms with Crippen LogP contribution in [-0.2, 0) is 17.4 Å². The van der Waals surface area contributed by atoms with Crippen molar-refractivity contribution in [2.45, 2.75) is 12.6 Å². The first-order valence-electron chi connectivity index (χ1n) is 8.48. The van der Waals surface area contributed by atoms with Crippen molar-refractivity contribution in [3.8, 4) is 5.75 Å². The first-order chi connectivity index (χ1) is 14.2. The number of nitro groups is 1. The first kappa shape index (κ1) is 21.2. The monoisotopic (exact) mass is 437 g/mol. The minimum absolute atomic E-state index is 0.0945. The smallest absolute Gasteiger partial charge is 0.416 e. The lowest BCUT2D eigenvalue weighted by Crippen LogP contribution is -2.19. The molecule has 3 aromatic rings.